The zero-order valence-corrected chi connectivity index (χ0v) is 10.3. The molecule has 0 amide bonds. The van der Waals surface area contributed by atoms with E-state index in [1.807, 2.05) is 72.8 Å². The predicted molar refractivity (Wildman–Crippen MR) is 76.1 cm³/mol. The van der Waals surface area contributed by atoms with E-state index < -0.39 is 0 Å². The quantitative estimate of drug-likeness (QED) is 0.646. The summed E-state index contributed by atoms with van der Waals surface area (Å²) in [6, 6.07) is 29.9. The Hall–Kier alpha value is -2.54. The summed E-state index contributed by atoms with van der Waals surface area (Å²) < 4.78 is 5.77. The second-order valence-electron chi connectivity index (χ2n) is 4.12. The largest absolute Gasteiger partial charge is 0.457 e. The van der Waals surface area contributed by atoms with Crippen LogP contribution >= 0.6 is 0 Å². The van der Waals surface area contributed by atoms with E-state index in [1.54, 1.807) is 0 Å². The van der Waals surface area contributed by atoms with Gasteiger partial charge >= 0.3 is 0 Å². The van der Waals surface area contributed by atoms with Gasteiger partial charge in [-0.25, -0.2) is 0 Å². The fourth-order valence-electron chi connectivity index (χ4n) is 1.84. The van der Waals surface area contributed by atoms with Gasteiger partial charge in [-0.2, -0.15) is 0 Å². The van der Waals surface area contributed by atoms with Crippen molar-refractivity contribution >= 4 is 0 Å². The molecular weight excluding hydrogens is 232 g/mol. The van der Waals surface area contributed by atoms with E-state index in [-0.39, 0.29) is 0 Å². The predicted octanol–water partition coefficient (Wildman–Crippen LogP) is 4.75. The van der Waals surface area contributed by atoms with Crippen molar-refractivity contribution < 1.29 is 4.74 Å². The topological polar surface area (TPSA) is 9.23 Å². The van der Waals surface area contributed by atoms with Crippen LogP contribution < -0.4 is 4.74 Å². The highest BCUT2D eigenvalue weighted by molar-refractivity contribution is 5.63. The Balaban J connectivity index is 1.89. The van der Waals surface area contributed by atoms with E-state index in [1.165, 1.54) is 0 Å². The molecule has 0 N–H and O–H groups in total. The molecule has 0 saturated carbocycles. The molecule has 2 radical (unpaired) electrons. The molecular formula is C18H12O. The number of hydrogen-bond donors (Lipinski definition) is 0. The SMILES string of the molecule is [c]1ccccc1-c1[c]c(Oc2ccccc2)ccc1. The molecule has 3 aromatic rings. The highest BCUT2D eigenvalue weighted by Gasteiger charge is 2.01. The Morgan fingerprint density at radius 1 is 0.684 bits per heavy atom. The average molecular weight is 244 g/mol. The highest BCUT2D eigenvalue weighted by atomic mass is 16.5. The second-order valence-corrected chi connectivity index (χ2v) is 4.12. The molecule has 0 saturated heterocycles. The molecule has 1 heteroatoms. The van der Waals surface area contributed by atoms with Gasteiger partial charge in [-0.1, -0.05) is 54.6 Å². The monoisotopic (exact) mass is 244 g/mol. The molecule has 1 nitrogen and oxygen atoms in total. The zero-order valence-electron chi connectivity index (χ0n) is 10.3. The fourth-order valence-corrected chi connectivity index (χ4v) is 1.84. The van der Waals surface area contributed by atoms with Crippen LogP contribution in [0.3, 0.4) is 0 Å². The van der Waals surface area contributed by atoms with Crippen molar-refractivity contribution in [2.75, 3.05) is 0 Å². The van der Waals surface area contributed by atoms with E-state index in [0.717, 1.165) is 16.9 Å². The lowest BCUT2D eigenvalue weighted by atomic mass is 10.1. The van der Waals surface area contributed by atoms with E-state index in [4.69, 9.17) is 4.74 Å². The van der Waals surface area contributed by atoms with Crippen LogP contribution in [-0.2, 0) is 0 Å². The molecule has 0 spiro atoms. The molecule has 3 rings (SSSR count). The smallest absolute Gasteiger partial charge is 0.136 e. The Kier molecular flexibility index (Phi) is 3.28. The van der Waals surface area contributed by atoms with Crippen LogP contribution in [0.5, 0.6) is 11.5 Å². The second kappa shape index (κ2) is 5.40. The van der Waals surface area contributed by atoms with Crippen molar-refractivity contribution in [2.45, 2.75) is 0 Å². The van der Waals surface area contributed by atoms with E-state index in [0.29, 0.717) is 5.75 Å². The fraction of sp³-hybridized carbons (Fsp3) is 0. The molecule has 0 aromatic heterocycles. The number of rotatable bonds is 3. The summed E-state index contributed by atoms with van der Waals surface area (Å²) in [5, 5.41) is 0. The third-order valence-corrected chi connectivity index (χ3v) is 2.74. The normalized spacial score (nSPS) is 10.1. The molecule has 3 aromatic carbocycles. The highest BCUT2D eigenvalue weighted by Crippen LogP contribution is 2.25. The third-order valence-electron chi connectivity index (χ3n) is 2.74. The number of ether oxygens (including phenoxy) is 1. The first-order chi connectivity index (χ1) is 9.42. The molecule has 90 valence electrons. The summed E-state index contributed by atoms with van der Waals surface area (Å²) in [6.45, 7) is 0. The van der Waals surface area contributed by atoms with Crippen LogP contribution in [0.15, 0.2) is 72.8 Å². The standard InChI is InChI=1S/C18H12O/c1-3-8-15(9-4-1)16-10-7-13-18(14-16)19-17-11-5-2-6-12-17/h1-8,10-13H. The van der Waals surface area contributed by atoms with Gasteiger partial charge in [-0.3, -0.25) is 0 Å². The van der Waals surface area contributed by atoms with Crippen LogP contribution in [-0.4, -0.2) is 0 Å². The van der Waals surface area contributed by atoms with Crippen LogP contribution in [0, 0.1) is 12.1 Å². The maximum absolute atomic E-state index is 5.77. The molecule has 0 atom stereocenters. The van der Waals surface area contributed by atoms with Gasteiger partial charge in [0.1, 0.15) is 11.5 Å². The van der Waals surface area contributed by atoms with E-state index in [9.17, 15) is 0 Å². The first-order valence-electron chi connectivity index (χ1n) is 6.14. The number of para-hydroxylation sites is 1. The molecule has 0 unspecified atom stereocenters. The van der Waals surface area contributed by atoms with Gasteiger partial charge in [0.25, 0.3) is 0 Å². The van der Waals surface area contributed by atoms with Crippen LogP contribution in [0.2, 0.25) is 0 Å². The van der Waals surface area contributed by atoms with Gasteiger partial charge < -0.3 is 4.74 Å². The van der Waals surface area contributed by atoms with Crippen LogP contribution in [0.1, 0.15) is 0 Å². The maximum atomic E-state index is 5.77. The lowest BCUT2D eigenvalue weighted by Crippen LogP contribution is -1.85. The Morgan fingerprint density at radius 2 is 1.47 bits per heavy atom. The summed E-state index contributed by atoms with van der Waals surface area (Å²) in [4.78, 5) is 0. The van der Waals surface area contributed by atoms with Crippen molar-refractivity contribution in [2.24, 2.45) is 0 Å². The van der Waals surface area contributed by atoms with Gasteiger partial charge in [-0.15, -0.1) is 0 Å². The first-order valence-corrected chi connectivity index (χ1v) is 6.14. The van der Waals surface area contributed by atoms with Gasteiger partial charge in [0.05, 0.1) is 0 Å². The van der Waals surface area contributed by atoms with Gasteiger partial charge in [0, 0.05) is 6.07 Å². The summed E-state index contributed by atoms with van der Waals surface area (Å²) in [7, 11) is 0. The molecule has 0 aliphatic carbocycles. The average Bonchev–Trinajstić information content (AvgIpc) is 2.49. The summed E-state index contributed by atoms with van der Waals surface area (Å²) in [5.41, 5.74) is 2.00. The molecule has 19 heavy (non-hydrogen) atoms. The summed E-state index contributed by atoms with van der Waals surface area (Å²) >= 11 is 0. The minimum atomic E-state index is 0.709. The minimum absolute atomic E-state index is 0.709. The molecule has 0 aliphatic heterocycles. The zero-order chi connectivity index (χ0) is 12.9. The first kappa shape index (κ1) is 11.5. The van der Waals surface area contributed by atoms with Gasteiger partial charge in [0.15, 0.2) is 0 Å². The molecule has 0 heterocycles. The van der Waals surface area contributed by atoms with Gasteiger partial charge in [0.2, 0.25) is 0 Å². The Bertz CT molecular complexity index is 645. The molecule has 0 bridgehead atoms. The third kappa shape index (κ3) is 2.83. The Morgan fingerprint density at radius 3 is 2.26 bits per heavy atom. The van der Waals surface area contributed by atoms with Crippen molar-refractivity contribution in [3.63, 3.8) is 0 Å². The number of hydrogen-bond acceptors (Lipinski definition) is 1. The van der Waals surface area contributed by atoms with E-state index in [2.05, 4.69) is 12.1 Å². The molecule has 0 aliphatic rings. The van der Waals surface area contributed by atoms with Crippen molar-refractivity contribution in [3.8, 4) is 22.6 Å². The Labute approximate surface area is 113 Å². The number of benzene rings is 3. The maximum Gasteiger partial charge on any atom is 0.136 e. The van der Waals surface area contributed by atoms with Crippen molar-refractivity contribution in [1.82, 2.24) is 0 Å². The van der Waals surface area contributed by atoms with Gasteiger partial charge in [-0.05, 0) is 35.4 Å². The molecule has 0 fully saturated rings. The van der Waals surface area contributed by atoms with Crippen LogP contribution in [0.4, 0.5) is 0 Å². The van der Waals surface area contributed by atoms with E-state index >= 15 is 0 Å². The minimum Gasteiger partial charge on any atom is -0.457 e. The van der Waals surface area contributed by atoms with Crippen molar-refractivity contribution in [1.29, 1.82) is 0 Å². The lowest BCUT2D eigenvalue weighted by Gasteiger charge is -2.07. The van der Waals surface area contributed by atoms with Crippen molar-refractivity contribution in [3.05, 3.63) is 84.9 Å². The van der Waals surface area contributed by atoms with Crippen LogP contribution in [0.25, 0.3) is 11.1 Å². The summed E-state index contributed by atoms with van der Waals surface area (Å²) in [5.74, 6) is 1.52. The lowest BCUT2D eigenvalue weighted by molar-refractivity contribution is 0.482. The summed E-state index contributed by atoms with van der Waals surface area (Å²) in [6.07, 6.45) is 0.